The van der Waals surface area contributed by atoms with E-state index >= 15 is 0 Å². The van der Waals surface area contributed by atoms with Crippen molar-refractivity contribution in [2.45, 2.75) is 58.5 Å². The molecule has 1 rings (SSSR count). The maximum Gasteiger partial charge on any atom is 0.320 e. The highest BCUT2D eigenvalue weighted by Gasteiger charge is 2.31. The largest absolute Gasteiger partial charge is 0.480 e. The number of urea groups is 1. The van der Waals surface area contributed by atoms with Gasteiger partial charge >= 0.3 is 12.0 Å². The van der Waals surface area contributed by atoms with E-state index < -0.39 is 12.0 Å². The molecule has 6 heteroatoms. The van der Waals surface area contributed by atoms with Gasteiger partial charge in [-0.2, -0.15) is 0 Å². The van der Waals surface area contributed by atoms with Crippen LogP contribution in [0.4, 0.5) is 4.79 Å². The molecule has 1 aliphatic heterocycles. The van der Waals surface area contributed by atoms with Gasteiger partial charge in [-0.1, -0.05) is 20.8 Å². The zero-order valence-electron chi connectivity index (χ0n) is 13.7. The van der Waals surface area contributed by atoms with E-state index in [1.807, 2.05) is 4.90 Å². The fourth-order valence-corrected chi connectivity index (χ4v) is 2.79. The van der Waals surface area contributed by atoms with Crippen LogP contribution < -0.4 is 5.32 Å². The molecule has 0 aliphatic carbocycles. The summed E-state index contributed by atoms with van der Waals surface area (Å²) in [5, 5.41) is 12.2. The van der Waals surface area contributed by atoms with Crippen LogP contribution in [-0.4, -0.2) is 64.7 Å². The van der Waals surface area contributed by atoms with Crippen LogP contribution in [0.5, 0.6) is 0 Å². The number of nitrogens with zero attached hydrogens (tertiary/aromatic N) is 2. The van der Waals surface area contributed by atoms with Crippen LogP contribution in [0.2, 0.25) is 0 Å². The highest BCUT2D eigenvalue weighted by Crippen LogP contribution is 2.20. The van der Waals surface area contributed by atoms with Gasteiger partial charge in [0, 0.05) is 31.7 Å². The zero-order valence-corrected chi connectivity index (χ0v) is 13.7. The quantitative estimate of drug-likeness (QED) is 0.784. The van der Waals surface area contributed by atoms with E-state index in [0.29, 0.717) is 26.2 Å². The summed E-state index contributed by atoms with van der Waals surface area (Å²) in [5.74, 6) is -0.810. The molecular formula is C15H29N3O3. The number of amides is 2. The van der Waals surface area contributed by atoms with E-state index in [2.05, 4.69) is 26.1 Å². The van der Waals surface area contributed by atoms with Gasteiger partial charge in [0.15, 0.2) is 0 Å². The molecule has 1 heterocycles. The monoisotopic (exact) mass is 299 g/mol. The smallest absolute Gasteiger partial charge is 0.320 e. The predicted octanol–water partition coefficient (Wildman–Crippen LogP) is 1.76. The van der Waals surface area contributed by atoms with Gasteiger partial charge in [0.1, 0.15) is 6.04 Å². The lowest BCUT2D eigenvalue weighted by molar-refractivity contribution is -0.143. The number of carboxylic acids is 1. The Hall–Kier alpha value is -1.30. The molecule has 2 N–H and O–H groups in total. The normalized spacial score (nSPS) is 18.4. The summed E-state index contributed by atoms with van der Waals surface area (Å²) in [6.45, 7) is 10.4. The predicted molar refractivity (Wildman–Crippen MR) is 82.4 cm³/mol. The van der Waals surface area contributed by atoms with Crippen LogP contribution in [0.25, 0.3) is 0 Å². The molecule has 1 saturated heterocycles. The standard InChI is InChI=1S/C15H29N3O3/c1-5-15(6-2,7-3)16-14(21)18-10-8-17(9-11-18)12(4)13(19)20/h12H,5-11H2,1-4H3,(H,16,21)(H,19,20). The van der Waals surface area contributed by atoms with Gasteiger partial charge in [0.25, 0.3) is 0 Å². The third-order valence-electron chi connectivity index (χ3n) is 4.91. The van der Waals surface area contributed by atoms with Crippen LogP contribution >= 0.6 is 0 Å². The van der Waals surface area contributed by atoms with Crippen LogP contribution in [0, 0.1) is 0 Å². The molecule has 0 aromatic carbocycles. The van der Waals surface area contributed by atoms with Gasteiger partial charge in [0.05, 0.1) is 0 Å². The maximum atomic E-state index is 12.4. The third kappa shape index (κ3) is 4.33. The summed E-state index contributed by atoms with van der Waals surface area (Å²) >= 11 is 0. The third-order valence-corrected chi connectivity index (χ3v) is 4.91. The Morgan fingerprint density at radius 2 is 1.57 bits per heavy atom. The number of carboxylic acid groups (broad SMARTS) is 1. The van der Waals surface area contributed by atoms with Crippen molar-refractivity contribution >= 4 is 12.0 Å². The fraction of sp³-hybridized carbons (Fsp3) is 0.867. The molecule has 21 heavy (non-hydrogen) atoms. The van der Waals surface area contributed by atoms with Crippen molar-refractivity contribution in [3.8, 4) is 0 Å². The first kappa shape index (κ1) is 17.8. The summed E-state index contributed by atoms with van der Waals surface area (Å²) in [6.07, 6.45) is 2.76. The molecule has 1 unspecified atom stereocenters. The number of aliphatic carboxylic acids is 1. The Kier molecular flexibility index (Phi) is 6.45. The van der Waals surface area contributed by atoms with Crippen molar-refractivity contribution in [3.63, 3.8) is 0 Å². The maximum absolute atomic E-state index is 12.4. The molecule has 0 bridgehead atoms. The molecule has 1 aliphatic rings. The minimum absolute atomic E-state index is 0.0248. The Morgan fingerprint density at radius 3 is 1.95 bits per heavy atom. The van der Waals surface area contributed by atoms with Crippen molar-refractivity contribution in [2.24, 2.45) is 0 Å². The first-order chi connectivity index (χ1) is 9.89. The van der Waals surface area contributed by atoms with Gasteiger partial charge in [-0.05, 0) is 26.2 Å². The molecule has 0 spiro atoms. The molecule has 1 fully saturated rings. The molecule has 0 aromatic rings. The number of hydrogen-bond acceptors (Lipinski definition) is 3. The molecule has 122 valence electrons. The fourth-order valence-electron chi connectivity index (χ4n) is 2.79. The van der Waals surface area contributed by atoms with Crippen molar-refractivity contribution in [3.05, 3.63) is 0 Å². The summed E-state index contributed by atoms with van der Waals surface area (Å²) in [5.41, 5.74) is -0.122. The minimum atomic E-state index is -0.810. The number of rotatable bonds is 6. The van der Waals surface area contributed by atoms with E-state index in [9.17, 15) is 9.59 Å². The Balaban J connectivity index is 2.54. The zero-order chi connectivity index (χ0) is 16.0. The van der Waals surface area contributed by atoms with Crippen molar-refractivity contribution in [2.75, 3.05) is 26.2 Å². The van der Waals surface area contributed by atoms with E-state index in [0.717, 1.165) is 19.3 Å². The molecule has 6 nitrogen and oxygen atoms in total. The number of carbonyl (C=O) groups excluding carboxylic acids is 1. The Morgan fingerprint density at radius 1 is 1.10 bits per heavy atom. The second kappa shape index (κ2) is 7.64. The second-order valence-corrected chi connectivity index (χ2v) is 5.81. The van der Waals surface area contributed by atoms with Crippen LogP contribution in [0.15, 0.2) is 0 Å². The first-order valence-corrected chi connectivity index (χ1v) is 7.93. The average Bonchev–Trinajstić information content (AvgIpc) is 2.52. The number of nitrogens with one attached hydrogen (secondary N) is 1. The van der Waals surface area contributed by atoms with Gasteiger partial charge in [-0.3, -0.25) is 9.69 Å². The first-order valence-electron chi connectivity index (χ1n) is 7.93. The van der Waals surface area contributed by atoms with Gasteiger partial charge in [-0.15, -0.1) is 0 Å². The van der Waals surface area contributed by atoms with Crippen molar-refractivity contribution in [1.82, 2.24) is 15.1 Å². The summed E-state index contributed by atoms with van der Waals surface area (Å²) < 4.78 is 0. The van der Waals surface area contributed by atoms with Gasteiger partial charge in [-0.25, -0.2) is 4.79 Å². The Labute approximate surface area is 127 Å². The van der Waals surface area contributed by atoms with E-state index in [-0.39, 0.29) is 11.6 Å². The number of hydrogen-bond donors (Lipinski definition) is 2. The van der Waals surface area contributed by atoms with E-state index in [1.54, 1.807) is 11.8 Å². The molecule has 1 atom stereocenters. The SMILES string of the molecule is CCC(CC)(CC)NC(=O)N1CCN(C(C)C(=O)O)CC1. The Bertz CT molecular complexity index is 353. The number of carbonyl (C=O) groups is 2. The second-order valence-electron chi connectivity index (χ2n) is 5.81. The highest BCUT2D eigenvalue weighted by molar-refractivity contribution is 5.75. The minimum Gasteiger partial charge on any atom is -0.480 e. The topological polar surface area (TPSA) is 72.9 Å². The molecular weight excluding hydrogens is 270 g/mol. The lowest BCUT2D eigenvalue weighted by Gasteiger charge is -2.39. The van der Waals surface area contributed by atoms with Gasteiger partial charge < -0.3 is 15.3 Å². The molecule has 0 aromatic heterocycles. The molecule has 2 amide bonds. The summed E-state index contributed by atoms with van der Waals surface area (Å²) in [7, 11) is 0. The lowest BCUT2D eigenvalue weighted by atomic mass is 9.90. The lowest BCUT2D eigenvalue weighted by Crippen LogP contribution is -2.58. The van der Waals surface area contributed by atoms with Gasteiger partial charge in [0.2, 0.25) is 0 Å². The van der Waals surface area contributed by atoms with Crippen LogP contribution in [0.1, 0.15) is 47.0 Å². The van der Waals surface area contributed by atoms with Crippen molar-refractivity contribution in [1.29, 1.82) is 0 Å². The summed E-state index contributed by atoms with van der Waals surface area (Å²) in [6, 6.07) is -0.514. The van der Waals surface area contributed by atoms with Crippen molar-refractivity contribution < 1.29 is 14.7 Å². The molecule has 0 radical (unpaired) electrons. The molecule has 0 saturated carbocycles. The van der Waals surface area contributed by atoms with E-state index in [1.165, 1.54) is 0 Å². The summed E-state index contributed by atoms with van der Waals surface area (Å²) in [4.78, 5) is 27.1. The van der Waals surface area contributed by atoms with E-state index in [4.69, 9.17) is 5.11 Å². The highest BCUT2D eigenvalue weighted by atomic mass is 16.4. The average molecular weight is 299 g/mol. The van der Waals surface area contributed by atoms with Crippen LogP contribution in [-0.2, 0) is 4.79 Å². The van der Waals surface area contributed by atoms with Crippen LogP contribution in [0.3, 0.4) is 0 Å². The number of piperazine rings is 1.